The smallest absolute Gasteiger partial charge is 0.407 e. The average Bonchev–Trinajstić information content (AvgIpc) is 3.65. The van der Waals surface area contributed by atoms with E-state index in [4.69, 9.17) is 25.8 Å². The Morgan fingerprint density at radius 3 is 2.00 bits per heavy atom. The molecule has 5 aromatic carbocycles. The van der Waals surface area contributed by atoms with Crippen LogP contribution in [0.5, 0.6) is 0 Å². The van der Waals surface area contributed by atoms with Gasteiger partial charge >= 0.3 is 12.1 Å². The van der Waals surface area contributed by atoms with E-state index in [0.717, 1.165) is 40.7 Å². The number of aryl methyl sites for hydroxylation is 1. The molecule has 0 spiro atoms. The molecule has 1 N–H and O–H groups in total. The van der Waals surface area contributed by atoms with E-state index >= 15 is 0 Å². The van der Waals surface area contributed by atoms with Crippen molar-refractivity contribution in [3.8, 4) is 11.1 Å². The van der Waals surface area contributed by atoms with E-state index in [2.05, 4.69) is 17.4 Å². The quantitative estimate of drug-likeness (QED) is 0.115. The van der Waals surface area contributed by atoms with Gasteiger partial charge in [0.1, 0.15) is 12.6 Å². The Kier molecular flexibility index (Phi) is 9.97. The minimum atomic E-state index is -1.47. The molecular weight excluding hydrogens is 700 g/mol. The largest absolute Gasteiger partial charge is 0.449 e. The molecule has 2 heterocycles. The molecule has 0 radical (unpaired) electrons. The second kappa shape index (κ2) is 15.1. The summed E-state index contributed by atoms with van der Waals surface area (Å²) in [5, 5.41) is 3.20. The van der Waals surface area contributed by atoms with E-state index in [9.17, 15) is 14.4 Å². The number of alkyl carbamates (subject to hydrolysis) is 1. The Hall–Kier alpha value is -5.44. The molecule has 8 nitrogen and oxygen atoms in total. The van der Waals surface area contributed by atoms with E-state index in [1.54, 1.807) is 11.0 Å². The van der Waals surface area contributed by atoms with E-state index in [1.165, 1.54) is 0 Å². The molecule has 2 aliphatic heterocycles. The molecule has 8 rings (SSSR count). The van der Waals surface area contributed by atoms with Crippen molar-refractivity contribution in [1.82, 2.24) is 10.2 Å². The number of hydrogen-bond donors (Lipinski definition) is 1. The Bertz CT molecular complexity index is 2110. The van der Waals surface area contributed by atoms with E-state index in [-0.39, 0.29) is 30.5 Å². The van der Waals surface area contributed by atoms with Crippen LogP contribution in [0.2, 0.25) is 5.02 Å². The van der Waals surface area contributed by atoms with Gasteiger partial charge < -0.3 is 24.4 Å². The number of nitrogens with one attached hydrogen (secondary N) is 1. The third-order valence-corrected chi connectivity index (χ3v) is 11.3. The standard InChI is InChI=1S/C45H41ClN2O6/c1-29-19-21-31(22-20-29)45(30-11-3-2-4-12-30,39-17-9-10-18-40(39)46)54-42(49)25-41(43(50)48-32-23-24-33(48)27-52-26-32)47-44(51)53-28-38-36-15-7-5-13-34(36)35-14-6-8-16-37(35)38/h2-22,32-33,38,41H,23-28H2,1H3,(H,47,51)/t32?,33?,41-,45?/m0/s1. The second-order valence-electron chi connectivity index (χ2n) is 14.3. The maximum atomic E-state index is 14.5. The molecule has 2 bridgehead atoms. The molecule has 5 aromatic rings. The van der Waals surface area contributed by atoms with Gasteiger partial charge in [-0.2, -0.15) is 0 Å². The molecule has 9 heteroatoms. The van der Waals surface area contributed by atoms with Crippen molar-refractivity contribution in [2.45, 2.75) is 55.8 Å². The van der Waals surface area contributed by atoms with Crippen LogP contribution in [0.3, 0.4) is 0 Å². The Labute approximate surface area is 320 Å². The molecule has 1 aliphatic carbocycles. The SMILES string of the molecule is Cc1ccc(C(OC(=O)C[C@H](NC(=O)OCC2c3ccccc3-c3ccccc32)C(=O)N2C3CCC2COC3)(c2ccccc2)c2ccccc2Cl)cc1. The van der Waals surface area contributed by atoms with Crippen LogP contribution in [-0.2, 0) is 29.4 Å². The lowest BCUT2D eigenvalue weighted by Crippen LogP contribution is -2.57. The number of carbonyl (C=O) groups is 3. The third-order valence-electron chi connectivity index (χ3n) is 11.0. The minimum Gasteiger partial charge on any atom is -0.449 e. The predicted molar refractivity (Wildman–Crippen MR) is 206 cm³/mol. The number of halogens is 1. The van der Waals surface area contributed by atoms with Gasteiger partial charge in [-0.3, -0.25) is 9.59 Å². The summed E-state index contributed by atoms with van der Waals surface area (Å²) in [5.41, 5.74) is 5.83. The minimum absolute atomic E-state index is 0.0606. The van der Waals surface area contributed by atoms with Crippen LogP contribution in [0.25, 0.3) is 11.1 Å². The van der Waals surface area contributed by atoms with Crippen molar-refractivity contribution in [2.75, 3.05) is 19.8 Å². The lowest BCUT2D eigenvalue weighted by atomic mass is 9.79. The number of benzene rings is 5. The summed E-state index contributed by atoms with van der Waals surface area (Å²) in [5.74, 6) is -1.24. The van der Waals surface area contributed by atoms with Gasteiger partial charge in [0.2, 0.25) is 5.91 Å². The fourth-order valence-electron chi connectivity index (χ4n) is 8.39. The number of hydrogen-bond acceptors (Lipinski definition) is 6. The highest BCUT2D eigenvalue weighted by Gasteiger charge is 2.46. The second-order valence-corrected chi connectivity index (χ2v) is 14.7. The van der Waals surface area contributed by atoms with Gasteiger partial charge in [-0.1, -0.05) is 138 Å². The maximum Gasteiger partial charge on any atom is 0.407 e. The normalized spacial score (nSPS) is 18.9. The number of morpholine rings is 1. The van der Waals surface area contributed by atoms with Crippen LogP contribution in [0.1, 0.15) is 58.6 Å². The van der Waals surface area contributed by atoms with E-state index in [0.29, 0.717) is 34.9 Å². The monoisotopic (exact) mass is 740 g/mol. The van der Waals surface area contributed by atoms with Crippen molar-refractivity contribution in [2.24, 2.45) is 0 Å². The number of ether oxygens (including phenoxy) is 3. The highest BCUT2D eigenvalue weighted by Crippen LogP contribution is 2.45. The lowest BCUT2D eigenvalue weighted by Gasteiger charge is -2.38. The zero-order valence-electron chi connectivity index (χ0n) is 30.0. The fraction of sp³-hybridized carbons (Fsp3) is 0.267. The van der Waals surface area contributed by atoms with Crippen molar-refractivity contribution in [3.05, 3.63) is 166 Å². The van der Waals surface area contributed by atoms with Gasteiger partial charge in [-0.25, -0.2) is 4.79 Å². The van der Waals surface area contributed by atoms with Gasteiger partial charge in [0, 0.05) is 27.6 Å². The first-order chi connectivity index (χ1) is 26.3. The maximum absolute atomic E-state index is 14.5. The molecule has 3 aliphatic rings. The summed E-state index contributed by atoms with van der Waals surface area (Å²) in [4.78, 5) is 44.5. The summed E-state index contributed by atoms with van der Waals surface area (Å²) in [7, 11) is 0. The summed E-state index contributed by atoms with van der Waals surface area (Å²) < 4.78 is 18.3. The zero-order chi connectivity index (χ0) is 37.2. The van der Waals surface area contributed by atoms with Gasteiger partial charge in [0.15, 0.2) is 5.60 Å². The fourth-order valence-corrected chi connectivity index (χ4v) is 8.66. The molecular formula is C45H41ClN2O6. The molecule has 2 fully saturated rings. The Morgan fingerprint density at radius 1 is 0.778 bits per heavy atom. The third kappa shape index (κ3) is 6.65. The number of nitrogens with zero attached hydrogens (tertiary/aromatic N) is 1. The van der Waals surface area contributed by atoms with Crippen LogP contribution in [0.4, 0.5) is 4.79 Å². The van der Waals surface area contributed by atoms with Crippen LogP contribution < -0.4 is 5.32 Å². The predicted octanol–water partition coefficient (Wildman–Crippen LogP) is 8.17. The zero-order valence-corrected chi connectivity index (χ0v) is 30.7. The Morgan fingerprint density at radius 2 is 1.35 bits per heavy atom. The highest BCUT2D eigenvalue weighted by atomic mass is 35.5. The first kappa shape index (κ1) is 35.6. The molecule has 2 saturated heterocycles. The number of carbonyl (C=O) groups excluding carboxylic acids is 3. The Balaban J connectivity index is 1.10. The summed E-state index contributed by atoms with van der Waals surface area (Å²) in [6.45, 7) is 2.85. The van der Waals surface area contributed by atoms with Crippen molar-refractivity contribution in [3.63, 3.8) is 0 Å². The van der Waals surface area contributed by atoms with Gasteiger partial charge in [0.05, 0.1) is 31.7 Å². The van der Waals surface area contributed by atoms with Gasteiger partial charge in [0.25, 0.3) is 0 Å². The van der Waals surface area contributed by atoms with Crippen LogP contribution in [-0.4, -0.2) is 60.8 Å². The molecule has 3 unspecified atom stereocenters. The molecule has 54 heavy (non-hydrogen) atoms. The van der Waals surface area contributed by atoms with Crippen LogP contribution >= 0.6 is 11.6 Å². The molecule has 0 aromatic heterocycles. The molecule has 4 atom stereocenters. The highest BCUT2D eigenvalue weighted by molar-refractivity contribution is 6.31. The van der Waals surface area contributed by atoms with Gasteiger partial charge in [-0.15, -0.1) is 0 Å². The van der Waals surface area contributed by atoms with Crippen LogP contribution in [0, 0.1) is 6.92 Å². The lowest BCUT2D eigenvalue weighted by molar-refractivity contribution is -0.157. The summed E-state index contributed by atoms with van der Waals surface area (Å²) in [6.07, 6.45) is 0.345. The average molecular weight is 741 g/mol. The molecule has 2 amide bonds. The number of fused-ring (bicyclic) bond motifs is 5. The first-order valence-corrected chi connectivity index (χ1v) is 18.8. The topological polar surface area (TPSA) is 94.2 Å². The van der Waals surface area contributed by atoms with Crippen molar-refractivity contribution < 1.29 is 28.6 Å². The summed E-state index contributed by atoms with van der Waals surface area (Å²) in [6, 6.07) is 39.1. The van der Waals surface area contributed by atoms with Crippen molar-refractivity contribution >= 4 is 29.6 Å². The van der Waals surface area contributed by atoms with Crippen molar-refractivity contribution in [1.29, 1.82) is 0 Å². The number of esters is 1. The summed E-state index contributed by atoms with van der Waals surface area (Å²) >= 11 is 6.90. The van der Waals surface area contributed by atoms with Gasteiger partial charge in [-0.05, 0) is 48.1 Å². The first-order valence-electron chi connectivity index (χ1n) is 18.4. The molecule has 0 saturated carbocycles. The molecule has 274 valence electrons. The van der Waals surface area contributed by atoms with E-state index in [1.807, 2.05) is 116 Å². The number of amides is 2. The van der Waals surface area contributed by atoms with Crippen LogP contribution in [0.15, 0.2) is 127 Å². The van der Waals surface area contributed by atoms with E-state index < -0.39 is 30.1 Å². The number of rotatable bonds is 10.